The molecule has 0 aliphatic rings. The zero-order valence-corrected chi connectivity index (χ0v) is 12.7. The number of hydrogen-bond donors (Lipinski definition) is 1. The molecule has 0 aliphatic heterocycles. The summed E-state index contributed by atoms with van der Waals surface area (Å²) < 4.78 is 10.2. The maximum atomic E-state index is 11.6. The van der Waals surface area contributed by atoms with Crippen LogP contribution in [-0.2, 0) is 22.6 Å². The zero-order valence-electron chi connectivity index (χ0n) is 12.7. The van der Waals surface area contributed by atoms with Crippen LogP contribution in [0.3, 0.4) is 0 Å². The Morgan fingerprint density at radius 3 is 2.43 bits per heavy atom. The molecule has 0 bridgehead atoms. The Morgan fingerprint density at radius 2 is 1.74 bits per heavy atom. The van der Waals surface area contributed by atoms with Crippen molar-refractivity contribution in [2.24, 2.45) is 0 Å². The first-order valence-electron chi connectivity index (χ1n) is 7.29. The lowest BCUT2D eigenvalue weighted by Crippen LogP contribution is -2.26. The van der Waals surface area contributed by atoms with E-state index in [1.54, 1.807) is 18.4 Å². The van der Waals surface area contributed by atoms with Gasteiger partial charge in [0.05, 0.1) is 0 Å². The monoisotopic (exact) mass is 312 g/mol. The predicted octanol–water partition coefficient (Wildman–Crippen LogP) is 2.64. The maximum absolute atomic E-state index is 11.6. The number of nitrogens with one attached hydrogen (secondary N) is 1. The standard InChI is InChI=1S/C18H18NO4/c20-12-13-22-17-8-6-15(7-9-17)10-11-19-18(21)23-14-16-4-2-1-3-5-16/h1-9H,10-11,13-14H2,(H,19,21). The molecule has 0 saturated heterocycles. The molecular formula is C18H18NO4. The smallest absolute Gasteiger partial charge is 0.407 e. The van der Waals surface area contributed by atoms with Crippen LogP contribution in [0.4, 0.5) is 4.79 Å². The molecule has 0 heterocycles. The second kappa shape index (κ2) is 9.25. The number of amides is 1. The number of hydrogen-bond acceptors (Lipinski definition) is 4. The molecule has 0 saturated carbocycles. The van der Waals surface area contributed by atoms with E-state index in [2.05, 4.69) is 5.32 Å². The molecule has 0 unspecified atom stereocenters. The third kappa shape index (κ3) is 6.22. The van der Waals surface area contributed by atoms with E-state index >= 15 is 0 Å². The average Bonchev–Trinajstić information content (AvgIpc) is 2.60. The molecule has 23 heavy (non-hydrogen) atoms. The van der Waals surface area contributed by atoms with Gasteiger partial charge in [-0.15, -0.1) is 0 Å². The summed E-state index contributed by atoms with van der Waals surface area (Å²) in [6.07, 6.45) is 1.91. The van der Waals surface area contributed by atoms with E-state index in [0.717, 1.165) is 11.1 Å². The largest absolute Gasteiger partial charge is 0.485 e. The molecule has 5 heteroatoms. The minimum atomic E-state index is -0.435. The number of alkyl carbamates (subject to hydrolysis) is 1. The topological polar surface area (TPSA) is 64.6 Å². The van der Waals surface area contributed by atoms with E-state index in [4.69, 9.17) is 9.47 Å². The highest BCUT2D eigenvalue weighted by Crippen LogP contribution is 2.12. The van der Waals surface area contributed by atoms with Crippen LogP contribution < -0.4 is 10.1 Å². The van der Waals surface area contributed by atoms with Crippen molar-refractivity contribution in [1.82, 2.24) is 5.32 Å². The van der Waals surface area contributed by atoms with Gasteiger partial charge in [0.25, 0.3) is 0 Å². The minimum absolute atomic E-state index is 0.0752. The van der Waals surface area contributed by atoms with Crippen LogP contribution >= 0.6 is 0 Å². The molecule has 2 rings (SSSR count). The van der Waals surface area contributed by atoms with Crippen LogP contribution in [-0.4, -0.2) is 25.5 Å². The summed E-state index contributed by atoms with van der Waals surface area (Å²) in [6, 6.07) is 16.8. The second-order valence-electron chi connectivity index (χ2n) is 4.82. The van der Waals surface area contributed by atoms with Crippen LogP contribution in [0.15, 0.2) is 54.6 Å². The van der Waals surface area contributed by atoms with E-state index in [9.17, 15) is 9.59 Å². The molecule has 119 valence electrons. The Labute approximate surface area is 135 Å². The van der Waals surface area contributed by atoms with E-state index in [1.807, 2.05) is 42.5 Å². The number of ether oxygens (including phenoxy) is 2. The molecule has 2 aromatic carbocycles. The first kappa shape index (κ1) is 16.5. The summed E-state index contributed by atoms with van der Waals surface area (Å²) in [6.45, 7) is 0.663. The summed E-state index contributed by atoms with van der Waals surface area (Å²) >= 11 is 0. The van der Waals surface area contributed by atoms with Gasteiger partial charge in [0.15, 0.2) is 6.61 Å². The molecule has 0 spiro atoms. The lowest BCUT2D eigenvalue weighted by Gasteiger charge is -2.08. The Morgan fingerprint density at radius 1 is 1.00 bits per heavy atom. The first-order valence-corrected chi connectivity index (χ1v) is 7.29. The minimum Gasteiger partial charge on any atom is -0.485 e. The summed E-state index contributed by atoms with van der Waals surface area (Å²) in [7, 11) is 0. The molecule has 0 atom stereocenters. The highest BCUT2D eigenvalue weighted by Gasteiger charge is 2.02. The van der Waals surface area contributed by atoms with Gasteiger partial charge < -0.3 is 14.8 Å². The number of rotatable bonds is 8. The quantitative estimate of drug-likeness (QED) is 0.814. The van der Waals surface area contributed by atoms with E-state index in [1.165, 1.54) is 0 Å². The van der Waals surface area contributed by atoms with E-state index in [-0.39, 0.29) is 13.2 Å². The SMILES string of the molecule is O=[C]COc1ccc(CCNC(=O)OCc2ccccc2)cc1. The van der Waals surface area contributed by atoms with Crippen molar-refractivity contribution in [2.45, 2.75) is 13.0 Å². The van der Waals surface area contributed by atoms with Crippen molar-refractivity contribution < 1.29 is 19.1 Å². The molecule has 2 aromatic rings. The summed E-state index contributed by atoms with van der Waals surface area (Å²) in [4.78, 5) is 21.7. The highest BCUT2D eigenvalue weighted by molar-refractivity contribution is 5.67. The molecule has 1 amide bonds. The zero-order chi connectivity index (χ0) is 16.3. The molecule has 1 N–H and O–H groups in total. The van der Waals surface area contributed by atoms with Gasteiger partial charge in [-0.2, -0.15) is 0 Å². The van der Waals surface area contributed by atoms with E-state index < -0.39 is 6.09 Å². The Balaban J connectivity index is 1.66. The lowest BCUT2D eigenvalue weighted by atomic mass is 10.1. The fourth-order valence-electron chi connectivity index (χ4n) is 1.95. The molecule has 0 aromatic heterocycles. The number of carbonyl (C=O) groups is 1. The van der Waals surface area contributed by atoms with Gasteiger partial charge in [0, 0.05) is 6.54 Å². The third-order valence-corrected chi connectivity index (χ3v) is 3.12. The number of carbonyl (C=O) groups excluding carboxylic acids is 2. The van der Waals surface area contributed by atoms with Crippen molar-refractivity contribution >= 4 is 12.4 Å². The van der Waals surface area contributed by atoms with Gasteiger partial charge in [-0.05, 0) is 29.7 Å². The van der Waals surface area contributed by atoms with Crippen LogP contribution in [0.5, 0.6) is 5.75 Å². The van der Waals surface area contributed by atoms with Gasteiger partial charge >= 0.3 is 6.09 Å². The predicted molar refractivity (Wildman–Crippen MR) is 86.0 cm³/mol. The molecule has 0 fully saturated rings. The first-order chi connectivity index (χ1) is 11.3. The summed E-state index contributed by atoms with van der Waals surface area (Å²) in [5, 5.41) is 2.71. The van der Waals surface area contributed by atoms with Crippen molar-refractivity contribution in [3.8, 4) is 5.75 Å². The van der Waals surface area contributed by atoms with E-state index in [0.29, 0.717) is 18.7 Å². The average molecular weight is 312 g/mol. The summed E-state index contributed by atoms with van der Waals surface area (Å²) in [5.41, 5.74) is 2.00. The van der Waals surface area contributed by atoms with Gasteiger partial charge in [-0.25, -0.2) is 4.79 Å². The third-order valence-electron chi connectivity index (χ3n) is 3.12. The van der Waals surface area contributed by atoms with Crippen LogP contribution in [0.25, 0.3) is 0 Å². The highest BCUT2D eigenvalue weighted by atomic mass is 16.5. The Hall–Kier alpha value is -2.82. The molecule has 0 aliphatic carbocycles. The molecule has 5 nitrogen and oxygen atoms in total. The van der Waals surface area contributed by atoms with Crippen LogP contribution in [0.1, 0.15) is 11.1 Å². The Bertz CT molecular complexity index is 611. The molecular weight excluding hydrogens is 294 g/mol. The molecule has 1 radical (unpaired) electrons. The summed E-state index contributed by atoms with van der Waals surface area (Å²) in [5.74, 6) is 0.618. The van der Waals surface area contributed by atoms with Gasteiger partial charge in [-0.1, -0.05) is 42.5 Å². The van der Waals surface area contributed by atoms with Crippen molar-refractivity contribution in [2.75, 3.05) is 13.2 Å². The Kier molecular flexibility index (Phi) is 6.65. The fraction of sp³-hybridized carbons (Fsp3) is 0.222. The van der Waals surface area contributed by atoms with Crippen LogP contribution in [0, 0.1) is 0 Å². The fourth-order valence-corrected chi connectivity index (χ4v) is 1.95. The van der Waals surface area contributed by atoms with Crippen LogP contribution in [0.2, 0.25) is 0 Å². The van der Waals surface area contributed by atoms with Gasteiger partial charge in [-0.3, -0.25) is 4.79 Å². The second-order valence-corrected chi connectivity index (χ2v) is 4.82. The maximum Gasteiger partial charge on any atom is 0.407 e. The van der Waals surface area contributed by atoms with Gasteiger partial charge in [0.2, 0.25) is 6.29 Å². The lowest BCUT2D eigenvalue weighted by molar-refractivity contribution is 0.140. The van der Waals surface area contributed by atoms with Gasteiger partial charge in [0.1, 0.15) is 12.4 Å². The normalized spacial score (nSPS) is 9.91. The van der Waals surface area contributed by atoms with Crippen molar-refractivity contribution in [3.05, 3.63) is 65.7 Å². The van der Waals surface area contributed by atoms with Crippen molar-refractivity contribution in [1.29, 1.82) is 0 Å². The number of benzene rings is 2. The van der Waals surface area contributed by atoms with Crippen molar-refractivity contribution in [3.63, 3.8) is 0 Å².